The van der Waals surface area contributed by atoms with Crippen molar-refractivity contribution in [3.05, 3.63) is 53.6 Å². The molecule has 0 bridgehead atoms. The van der Waals surface area contributed by atoms with E-state index in [0.717, 1.165) is 6.04 Å². The molecule has 2 rings (SSSR count). The summed E-state index contributed by atoms with van der Waals surface area (Å²) in [4.78, 5) is 15.4. The molecule has 0 fully saturated rings. The molecule has 0 radical (unpaired) electrons. The first-order chi connectivity index (χ1) is 11.3. The van der Waals surface area contributed by atoms with Gasteiger partial charge in [0.05, 0.1) is 0 Å². The zero-order valence-electron chi connectivity index (χ0n) is 14.3. The lowest BCUT2D eigenvalue weighted by Gasteiger charge is -2.16. The molecule has 0 aliphatic carbocycles. The van der Waals surface area contributed by atoms with E-state index >= 15 is 0 Å². The van der Waals surface area contributed by atoms with E-state index in [-0.39, 0.29) is 12.4 Å². The Morgan fingerprint density at radius 2 is 2.12 bits per heavy atom. The largest absolute Gasteiger partial charge is 0.477 e. The van der Waals surface area contributed by atoms with Crippen LogP contribution in [0, 0.1) is 0 Å². The number of carbonyl (C=O) groups is 1. The molecule has 1 atom stereocenters. The number of rotatable bonds is 8. The Kier molecular flexibility index (Phi) is 5.93. The van der Waals surface area contributed by atoms with Gasteiger partial charge in [-0.1, -0.05) is 25.7 Å². The Labute approximate surface area is 142 Å². The molecule has 2 aromatic heterocycles. The lowest BCUT2D eigenvalue weighted by Crippen LogP contribution is -2.22. The van der Waals surface area contributed by atoms with Crippen molar-refractivity contribution in [2.75, 3.05) is 6.61 Å². The quantitative estimate of drug-likeness (QED) is 0.566. The van der Waals surface area contributed by atoms with Crippen molar-refractivity contribution in [3.63, 3.8) is 0 Å². The Morgan fingerprint density at radius 3 is 2.71 bits per heavy atom. The maximum atomic E-state index is 11.4. The second-order valence-electron chi connectivity index (χ2n) is 6.97. The van der Waals surface area contributed by atoms with E-state index in [1.165, 1.54) is 10.6 Å². The first kappa shape index (κ1) is 18.4. The van der Waals surface area contributed by atoms with Crippen LogP contribution in [0.4, 0.5) is 0 Å². The van der Waals surface area contributed by atoms with Crippen LogP contribution >= 0.6 is 0 Å². The predicted octanol–water partition coefficient (Wildman–Crippen LogP) is 2.98. The van der Waals surface area contributed by atoms with Crippen LogP contribution in [-0.4, -0.2) is 40.4 Å². The number of aliphatic hydroxyl groups is 1. The van der Waals surface area contributed by atoms with Crippen LogP contribution in [0.2, 0.25) is 25.7 Å². The summed E-state index contributed by atoms with van der Waals surface area (Å²) >= 11 is 0. The van der Waals surface area contributed by atoms with Crippen molar-refractivity contribution in [1.82, 2.24) is 9.55 Å². The Hall–Kier alpha value is -1.96. The molecular formula is C17H24N2O4Si. The lowest BCUT2D eigenvalue weighted by molar-refractivity contribution is 0.0622. The molecule has 1 unspecified atom stereocenters. The minimum Gasteiger partial charge on any atom is -0.477 e. The summed E-state index contributed by atoms with van der Waals surface area (Å²) in [6, 6.07) is 5.97. The van der Waals surface area contributed by atoms with Crippen LogP contribution in [0.25, 0.3) is 0 Å². The number of carboxylic acids is 1. The highest BCUT2D eigenvalue weighted by atomic mass is 28.3. The van der Waals surface area contributed by atoms with Crippen molar-refractivity contribution < 1.29 is 19.7 Å². The van der Waals surface area contributed by atoms with Crippen molar-refractivity contribution >= 4 is 14.0 Å². The third-order valence-corrected chi connectivity index (χ3v) is 5.38. The highest BCUT2D eigenvalue weighted by molar-refractivity contribution is 6.76. The molecule has 0 spiro atoms. The highest BCUT2D eigenvalue weighted by Crippen LogP contribution is 2.23. The van der Waals surface area contributed by atoms with Crippen LogP contribution in [0.5, 0.6) is 0 Å². The lowest BCUT2D eigenvalue weighted by atomic mass is 10.1. The number of ether oxygens (including phenoxy) is 1. The molecular weight excluding hydrogens is 324 g/mol. The van der Waals surface area contributed by atoms with Crippen molar-refractivity contribution in [2.45, 2.75) is 38.5 Å². The molecule has 0 saturated carbocycles. The van der Waals surface area contributed by atoms with Gasteiger partial charge in [0.1, 0.15) is 18.5 Å². The van der Waals surface area contributed by atoms with E-state index in [1.54, 1.807) is 30.7 Å². The molecule has 6 nitrogen and oxygen atoms in total. The summed E-state index contributed by atoms with van der Waals surface area (Å²) < 4.78 is 7.14. The van der Waals surface area contributed by atoms with E-state index in [2.05, 4.69) is 24.6 Å². The van der Waals surface area contributed by atoms with Crippen molar-refractivity contribution in [3.8, 4) is 0 Å². The number of aliphatic hydroxyl groups excluding tert-OH is 1. The third-order valence-electron chi connectivity index (χ3n) is 3.68. The first-order valence-corrected chi connectivity index (χ1v) is 11.6. The molecule has 0 saturated heterocycles. The normalized spacial score (nSPS) is 13.0. The standard InChI is InChI=1S/C17H24N2O4Si/c1-24(2,3)8-7-23-12-19-11-14(9-15(19)17(21)22)16(20)13-5-4-6-18-10-13/h4-6,9-11,16,20H,7-8,12H2,1-3H3,(H,21,22). The molecule has 2 heterocycles. The Balaban J connectivity index is 2.11. The fourth-order valence-electron chi connectivity index (χ4n) is 2.24. The second kappa shape index (κ2) is 7.74. The average Bonchev–Trinajstić information content (AvgIpc) is 2.95. The minimum atomic E-state index is -1.19. The number of aromatic nitrogens is 2. The summed E-state index contributed by atoms with van der Waals surface area (Å²) in [6.45, 7) is 7.55. The molecule has 7 heteroatoms. The monoisotopic (exact) mass is 348 g/mol. The van der Waals surface area contributed by atoms with E-state index < -0.39 is 20.1 Å². The number of pyridine rings is 1. The maximum Gasteiger partial charge on any atom is 0.352 e. The zero-order valence-corrected chi connectivity index (χ0v) is 15.3. The van der Waals surface area contributed by atoms with Gasteiger partial charge in [0.15, 0.2) is 0 Å². The average molecular weight is 348 g/mol. The molecule has 130 valence electrons. The van der Waals surface area contributed by atoms with Gasteiger partial charge in [0, 0.05) is 44.4 Å². The topological polar surface area (TPSA) is 84.6 Å². The number of nitrogens with zero attached hydrogens (tertiary/aromatic N) is 2. The van der Waals surface area contributed by atoms with Gasteiger partial charge in [-0.05, 0) is 18.2 Å². The molecule has 0 aliphatic heterocycles. The van der Waals surface area contributed by atoms with Gasteiger partial charge in [0.25, 0.3) is 0 Å². The number of hydrogen-bond acceptors (Lipinski definition) is 4. The van der Waals surface area contributed by atoms with Crippen LogP contribution in [0.3, 0.4) is 0 Å². The first-order valence-electron chi connectivity index (χ1n) is 7.87. The summed E-state index contributed by atoms with van der Waals surface area (Å²) in [5, 5.41) is 19.8. The van der Waals surface area contributed by atoms with Crippen LogP contribution in [-0.2, 0) is 11.5 Å². The van der Waals surface area contributed by atoms with E-state index in [1.807, 2.05) is 0 Å². The maximum absolute atomic E-state index is 11.4. The number of aromatic carboxylic acids is 1. The summed E-state index contributed by atoms with van der Waals surface area (Å²) in [5.74, 6) is -1.05. The van der Waals surface area contributed by atoms with Crippen molar-refractivity contribution in [1.29, 1.82) is 0 Å². The molecule has 0 amide bonds. The highest BCUT2D eigenvalue weighted by Gasteiger charge is 2.19. The Bertz CT molecular complexity index is 680. The van der Waals surface area contributed by atoms with Gasteiger partial charge < -0.3 is 19.5 Å². The molecule has 2 aromatic rings. The fourth-order valence-corrected chi connectivity index (χ4v) is 3.00. The predicted molar refractivity (Wildman–Crippen MR) is 93.8 cm³/mol. The third kappa shape index (κ3) is 5.02. The molecule has 2 N–H and O–H groups in total. The summed E-state index contributed by atoms with van der Waals surface area (Å²) in [6.07, 6.45) is 3.89. The van der Waals surface area contributed by atoms with Gasteiger partial charge in [-0.25, -0.2) is 4.79 Å². The van der Waals surface area contributed by atoms with Gasteiger partial charge in [-0.3, -0.25) is 4.98 Å². The molecule has 0 aromatic carbocycles. The number of hydrogen-bond donors (Lipinski definition) is 2. The second-order valence-corrected chi connectivity index (χ2v) is 12.6. The van der Waals surface area contributed by atoms with E-state index in [4.69, 9.17) is 4.74 Å². The molecule has 24 heavy (non-hydrogen) atoms. The summed E-state index contributed by atoms with van der Waals surface area (Å²) in [7, 11) is -1.19. The SMILES string of the molecule is C[Si](C)(C)CCOCn1cc(C(O)c2cccnc2)cc1C(=O)O. The smallest absolute Gasteiger partial charge is 0.352 e. The van der Waals surface area contributed by atoms with Gasteiger partial charge in [-0.15, -0.1) is 0 Å². The minimum absolute atomic E-state index is 0.0981. The van der Waals surface area contributed by atoms with Gasteiger partial charge in [-0.2, -0.15) is 0 Å². The zero-order chi connectivity index (χ0) is 17.7. The van der Waals surface area contributed by atoms with Gasteiger partial charge in [0.2, 0.25) is 0 Å². The van der Waals surface area contributed by atoms with E-state index in [9.17, 15) is 15.0 Å². The van der Waals surface area contributed by atoms with E-state index in [0.29, 0.717) is 17.7 Å². The summed E-state index contributed by atoms with van der Waals surface area (Å²) in [5.41, 5.74) is 1.22. The number of carboxylic acid groups (broad SMARTS) is 1. The van der Waals surface area contributed by atoms with Crippen LogP contribution in [0.15, 0.2) is 36.8 Å². The molecule has 0 aliphatic rings. The van der Waals surface area contributed by atoms with Crippen LogP contribution in [0.1, 0.15) is 27.7 Å². The van der Waals surface area contributed by atoms with Crippen LogP contribution < -0.4 is 0 Å². The fraction of sp³-hybridized carbons (Fsp3) is 0.412. The van der Waals surface area contributed by atoms with Gasteiger partial charge >= 0.3 is 5.97 Å². The van der Waals surface area contributed by atoms with Crippen molar-refractivity contribution in [2.24, 2.45) is 0 Å². The Morgan fingerprint density at radius 1 is 1.38 bits per heavy atom.